The van der Waals surface area contributed by atoms with Gasteiger partial charge in [-0.15, -0.1) is 0 Å². The third-order valence-electron chi connectivity index (χ3n) is 5.64. The molecule has 2 nitrogen and oxygen atoms in total. The van der Waals surface area contributed by atoms with E-state index in [2.05, 4.69) is 35.0 Å². The van der Waals surface area contributed by atoms with Crippen LogP contribution in [0.15, 0.2) is 65.2 Å². The number of hydrogen-bond acceptors (Lipinski definition) is 1. The van der Waals surface area contributed by atoms with Crippen molar-refractivity contribution in [1.29, 1.82) is 0 Å². The highest BCUT2D eigenvalue weighted by atomic mass is 79.9. The molecule has 0 spiro atoms. The fourth-order valence-corrected chi connectivity index (χ4v) is 4.79. The molecule has 2 aliphatic rings. The summed E-state index contributed by atoms with van der Waals surface area (Å²) in [7, 11) is 0. The lowest BCUT2D eigenvalue weighted by molar-refractivity contribution is -0.134. The van der Waals surface area contributed by atoms with Gasteiger partial charge in [0.05, 0.1) is 10.5 Å². The van der Waals surface area contributed by atoms with Crippen molar-refractivity contribution in [2.45, 2.75) is 25.9 Å². The standard InChI is InChI=1S/C22H21BrFNO/c1-14-6-5-9-17-20(14)22(26)25(13-15-7-3-2-4-8-15)21(17)16-10-11-19(24)18(23)12-16/h2-5,7-12,14,17,20-21H,6,13H2,1H3/t14-,17+,20+,21-/m0/s1. The van der Waals surface area contributed by atoms with E-state index in [4.69, 9.17) is 0 Å². The first-order chi connectivity index (χ1) is 12.6. The minimum Gasteiger partial charge on any atom is -0.330 e. The minimum atomic E-state index is -0.281. The van der Waals surface area contributed by atoms with E-state index in [-0.39, 0.29) is 29.6 Å². The van der Waals surface area contributed by atoms with Crippen LogP contribution >= 0.6 is 15.9 Å². The Kier molecular flexibility index (Phi) is 4.70. The van der Waals surface area contributed by atoms with Gasteiger partial charge in [0.2, 0.25) is 5.91 Å². The first-order valence-electron chi connectivity index (χ1n) is 9.02. The molecule has 1 fully saturated rings. The van der Waals surface area contributed by atoms with Crippen molar-refractivity contribution in [3.05, 3.63) is 82.1 Å². The Morgan fingerprint density at radius 1 is 1.19 bits per heavy atom. The number of nitrogens with zero attached hydrogens (tertiary/aromatic N) is 1. The zero-order chi connectivity index (χ0) is 18.3. The van der Waals surface area contributed by atoms with Gasteiger partial charge in [-0.2, -0.15) is 0 Å². The normalized spacial score (nSPS) is 27.7. The van der Waals surface area contributed by atoms with Gasteiger partial charge < -0.3 is 4.90 Å². The van der Waals surface area contributed by atoms with E-state index < -0.39 is 0 Å². The summed E-state index contributed by atoms with van der Waals surface area (Å²) in [5.41, 5.74) is 2.09. The second-order valence-corrected chi connectivity index (χ2v) is 8.17. The van der Waals surface area contributed by atoms with Gasteiger partial charge in [-0.1, -0.05) is 55.5 Å². The molecule has 2 aromatic rings. The third-order valence-corrected chi connectivity index (χ3v) is 6.25. The smallest absolute Gasteiger partial charge is 0.227 e. The lowest BCUT2D eigenvalue weighted by Gasteiger charge is -2.29. The molecule has 0 aromatic heterocycles. The van der Waals surface area contributed by atoms with E-state index in [1.807, 2.05) is 47.4 Å². The molecule has 1 saturated heterocycles. The molecule has 4 heteroatoms. The van der Waals surface area contributed by atoms with Crippen molar-refractivity contribution in [3.8, 4) is 0 Å². The van der Waals surface area contributed by atoms with Crippen LogP contribution in [0.3, 0.4) is 0 Å². The lowest BCUT2D eigenvalue weighted by Crippen LogP contribution is -2.30. The number of carbonyl (C=O) groups is 1. The number of allylic oxidation sites excluding steroid dienone is 1. The van der Waals surface area contributed by atoms with Crippen LogP contribution in [0, 0.1) is 23.6 Å². The van der Waals surface area contributed by atoms with Crippen molar-refractivity contribution >= 4 is 21.8 Å². The maximum atomic E-state index is 13.8. The van der Waals surface area contributed by atoms with Crippen LogP contribution in [-0.4, -0.2) is 10.8 Å². The quantitative estimate of drug-likeness (QED) is 0.608. The first-order valence-corrected chi connectivity index (χ1v) is 9.81. The fraction of sp³-hybridized carbons (Fsp3) is 0.318. The van der Waals surface area contributed by atoms with Crippen LogP contribution in [0.25, 0.3) is 0 Å². The Morgan fingerprint density at radius 3 is 2.69 bits per heavy atom. The monoisotopic (exact) mass is 413 g/mol. The van der Waals surface area contributed by atoms with E-state index in [0.717, 1.165) is 17.5 Å². The number of fused-ring (bicyclic) bond motifs is 1. The van der Waals surface area contributed by atoms with Crippen molar-refractivity contribution in [2.75, 3.05) is 0 Å². The number of carbonyl (C=O) groups excluding carboxylic acids is 1. The molecule has 0 radical (unpaired) electrons. The molecule has 0 bridgehead atoms. The van der Waals surface area contributed by atoms with Gasteiger partial charge in [0, 0.05) is 18.4 Å². The fourth-order valence-electron chi connectivity index (χ4n) is 4.40. The van der Waals surface area contributed by atoms with Crippen molar-refractivity contribution < 1.29 is 9.18 Å². The molecular weight excluding hydrogens is 393 g/mol. The zero-order valence-electron chi connectivity index (χ0n) is 14.6. The van der Waals surface area contributed by atoms with Gasteiger partial charge in [-0.25, -0.2) is 4.39 Å². The van der Waals surface area contributed by atoms with Crippen molar-refractivity contribution in [2.24, 2.45) is 17.8 Å². The van der Waals surface area contributed by atoms with Crippen LogP contribution in [0.5, 0.6) is 0 Å². The summed E-state index contributed by atoms with van der Waals surface area (Å²) < 4.78 is 14.2. The molecule has 1 aliphatic heterocycles. The van der Waals surface area contributed by atoms with Crippen LogP contribution in [0.1, 0.15) is 30.5 Å². The van der Waals surface area contributed by atoms with Gasteiger partial charge in [0.15, 0.2) is 0 Å². The Labute approximate surface area is 161 Å². The SMILES string of the molecule is C[C@H]1CC=C[C@@H]2[C@@H]1C(=O)N(Cc1ccccc1)[C@H]2c1ccc(F)c(Br)c1. The average Bonchev–Trinajstić information content (AvgIpc) is 2.92. The maximum absolute atomic E-state index is 13.8. The Hall–Kier alpha value is -1.94. The summed E-state index contributed by atoms with van der Waals surface area (Å²) in [4.78, 5) is 15.3. The summed E-state index contributed by atoms with van der Waals surface area (Å²) >= 11 is 3.30. The highest BCUT2D eigenvalue weighted by Crippen LogP contribution is 2.49. The summed E-state index contributed by atoms with van der Waals surface area (Å²) in [5.74, 6) is 0.382. The first kappa shape index (κ1) is 17.5. The molecule has 2 aromatic carbocycles. The molecule has 1 aliphatic carbocycles. The second-order valence-electron chi connectivity index (χ2n) is 7.31. The Bertz CT molecular complexity index is 850. The van der Waals surface area contributed by atoms with Crippen LogP contribution < -0.4 is 0 Å². The number of likely N-dealkylation sites (tertiary alicyclic amines) is 1. The molecule has 1 heterocycles. The highest BCUT2D eigenvalue weighted by molar-refractivity contribution is 9.10. The molecule has 4 atom stereocenters. The van der Waals surface area contributed by atoms with E-state index in [9.17, 15) is 9.18 Å². The Morgan fingerprint density at radius 2 is 1.96 bits per heavy atom. The second kappa shape index (κ2) is 6.99. The number of benzene rings is 2. The van der Waals surface area contributed by atoms with E-state index in [1.54, 1.807) is 0 Å². The molecular formula is C22H21BrFNO. The largest absolute Gasteiger partial charge is 0.330 e. The summed E-state index contributed by atoms with van der Waals surface area (Å²) in [6.45, 7) is 2.73. The van der Waals surface area contributed by atoms with Gasteiger partial charge in [-0.3, -0.25) is 4.79 Å². The predicted molar refractivity (Wildman–Crippen MR) is 104 cm³/mol. The Balaban J connectivity index is 1.77. The summed E-state index contributed by atoms with van der Waals surface area (Å²) in [5, 5.41) is 0. The molecule has 26 heavy (non-hydrogen) atoms. The predicted octanol–water partition coefficient (Wildman–Crippen LogP) is 5.50. The third kappa shape index (κ3) is 3.01. The molecule has 0 saturated carbocycles. The maximum Gasteiger partial charge on any atom is 0.227 e. The molecule has 0 N–H and O–H groups in total. The molecule has 4 rings (SSSR count). The van der Waals surface area contributed by atoms with Gasteiger partial charge in [-0.05, 0) is 51.5 Å². The zero-order valence-corrected chi connectivity index (χ0v) is 16.2. The molecule has 0 unspecified atom stereocenters. The van der Waals surface area contributed by atoms with Gasteiger partial charge in [0.1, 0.15) is 5.82 Å². The van der Waals surface area contributed by atoms with Gasteiger partial charge >= 0.3 is 0 Å². The number of halogens is 2. The minimum absolute atomic E-state index is 0.00228. The van der Waals surface area contributed by atoms with E-state index in [0.29, 0.717) is 16.9 Å². The molecule has 134 valence electrons. The van der Waals surface area contributed by atoms with E-state index in [1.165, 1.54) is 6.07 Å². The van der Waals surface area contributed by atoms with Crippen LogP contribution in [0.2, 0.25) is 0 Å². The summed E-state index contributed by atoms with van der Waals surface area (Å²) in [6.07, 6.45) is 5.32. The summed E-state index contributed by atoms with van der Waals surface area (Å²) in [6, 6.07) is 15.1. The lowest BCUT2D eigenvalue weighted by atomic mass is 9.75. The van der Waals surface area contributed by atoms with Crippen LogP contribution in [-0.2, 0) is 11.3 Å². The topological polar surface area (TPSA) is 20.3 Å². The van der Waals surface area contributed by atoms with Crippen LogP contribution in [0.4, 0.5) is 4.39 Å². The number of amides is 1. The molecule has 1 amide bonds. The number of hydrogen-bond donors (Lipinski definition) is 0. The van der Waals surface area contributed by atoms with Crippen molar-refractivity contribution in [1.82, 2.24) is 4.90 Å². The van der Waals surface area contributed by atoms with E-state index >= 15 is 0 Å². The highest BCUT2D eigenvalue weighted by Gasteiger charge is 2.50. The van der Waals surface area contributed by atoms with Gasteiger partial charge in [0.25, 0.3) is 0 Å². The average molecular weight is 414 g/mol. The van der Waals surface area contributed by atoms with Crippen molar-refractivity contribution in [3.63, 3.8) is 0 Å². The number of rotatable bonds is 3.